The predicted molar refractivity (Wildman–Crippen MR) is 80.3 cm³/mol. The number of ether oxygens (including phenoxy) is 2. The molecule has 1 aromatic rings. The first kappa shape index (κ1) is 16.8. The van der Waals surface area contributed by atoms with Crippen LogP contribution in [-0.2, 0) is 14.3 Å². The normalized spacial score (nSPS) is 30.0. The summed E-state index contributed by atoms with van der Waals surface area (Å²) in [4.78, 5) is 26.9. The summed E-state index contributed by atoms with van der Waals surface area (Å²) < 4.78 is 19.2. The number of carbonyl (C=O) groups is 1. The van der Waals surface area contributed by atoms with Gasteiger partial charge in [0.1, 0.15) is 24.9 Å². The minimum Gasteiger partial charge on any atom is -0.463 e. The highest BCUT2D eigenvalue weighted by Crippen LogP contribution is 2.28. The molecule has 2 rings (SSSR count). The average molecular weight is 344 g/mol. The highest BCUT2D eigenvalue weighted by atomic mass is 16.6. The van der Waals surface area contributed by atoms with Crippen LogP contribution in [0.2, 0.25) is 0 Å². The van der Waals surface area contributed by atoms with Crippen molar-refractivity contribution >= 4 is 11.8 Å². The van der Waals surface area contributed by atoms with Gasteiger partial charge in [0.2, 0.25) is 0 Å². The quantitative estimate of drug-likeness (QED) is 0.376. The Bertz CT molecular complexity index is 670. The zero-order valence-electron chi connectivity index (χ0n) is 14.1. The lowest BCUT2D eigenvalue weighted by molar-refractivity contribution is -0.150. The van der Waals surface area contributed by atoms with Gasteiger partial charge in [0, 0.05) is 12.6 Å². The number of unbranched alkanes of at least 4 members (excludes halogenated alkanes) is 1. The second-order valence-corrected chi connectivity index (χ2v) is 5.29. The van der Waals surface area contributed by atoms with E-state index < -0.39 is 36.2 Å². The van der Waals surface area contributed by atoms with Crippen molar-refractivity contribution in [2.24, 2.45) is 0 Å². The van der Waals surface area contributed by atoms with Gasteiger partial charge in [0.15, 0.2) is 12.0 Å². The standard InChI is InChI=1S/C14H21N3O7/c1-2-3-4-10(18)23-7-8-11(19)12(20)13(24-8)17-6-5-9(16-22)15-14(17)21/h5-6,8,11-13,19-20,22H,2-4,7H2,1H3,(H,15,16,21)/t8-,11-,12-,13-/m1/s1/i13D. The van der Waals surface area contributed by atoms with Crippen molar-refractivity contribution in [2.45, 2.75) is 50.7 Å². The number of aromatic nitrogens is 2. The lowest BCUT2D eigenvalue weighted by Gasteiger charge is -2.17. The number of aliphatic hydroxyl groups excluding tert-OH is 2. The molecule has 0 bridgehead atoms. The maximum absolute atomic E-state index is 12.0. The van der Waals surface area contributed by atoms with Gasteiger partial charge in [-0.05, 0) is 12.5 Å². The minimum absolute atomic E-state index is 0.153. The highest BCUT2D eigenvalue weighted by molar-refractivity contribution is 5.69. The second kappa shape index (κ2) is 8.20. The molecule has 4 atom stereocenters. The molecule has 10 nitrogen and oxygen atoms in total. The fourth-order valence-corrected chi connectivity index (χ4v) is 2.18. The van der Waals surface area contributed by atoms with E-state index in [1.54, 1.807) is 5.48 Å². The monoisotopic (exact) mass is 344 g/mol. The molecule has 0 radical (unpaired) electrons. The van der Waals surface area contributed by atoms with Crippen LogP contribution in [-0.4, -0.2) is 55.9 Å². The van der Waals surface area contributed by atoms with Crippen LogP contribution in [0.5, 0.6) is 0 Å². The number of nitrogens with zero attached hydrogens (tertiary/aromatic N) is 2. The largest absolute Gasteiger partial charge is 0.463 e. The van der Waals surface area contributed by atoms with Crippen LogP contribution < -0.4 is 11.2 Å². The number of esters is 1. The summed E-state index contributed by atoms with van der Waals surface area (Å²) in [6.07, 6.45) is -4.08. The molecule has 1 fully saturated rings. The van der Waals surface area contributed by atoms with Crippen LogP contribution in [0.1, 0.15) is 33.8 Å². The molecule has 0 unspecified atom stereocenters. The van der Waals surface area contributed by atoms with Gasteiger partial charge in [-0.25, -0.2) is 4.79 Å². The Hall–Kier alpha value is -2.01. The Morgan fingerprint density at radius 2 is 2.29 bits per heavy atom. The molecule has 2 heterocycles. The fraction of sp³-hybridized carbons (Fsp3) is 0.643. The number of hydrogen-bond donors (Lipinski definition) is 4. The number of nitrogens with one attached hydrogen (secondary N) is 1. The van der Waals surface area contributed by atoms with Gasteiger partial charge in [-0.3, -0.25) is 20.0 Å². The van der Waals surface area contributed by atoms with E-state index in [-0.39, 0.29) is 18.8 Å². The third kappa shape index (κ3) is 4.09. The molecular formula is C14H21N3O7. The van der Waals surface area contributed by atoms with Crippen molar-refractivity contribution in [1.82, 2.24) is 9.55 Å². The first-order chi connectivity index (χ1) is 11.8. The van der Waals surface area contributed by atoms with Crippen LogP contribution in [0.15, 0.2) is 17.1 Å². The van der Waals surface area contributed by atoms with Crippen LogP contribution in [0.25, 0.3) is 0 Å². The predicted octanol–water partition coefficient (Wildman–Crippen LogP) is -0.603. The molecule has 0 aliphatic carbocycles. The highest BCUT2D eigenvalue weighted by Gasteiger charge is 2.44. The SMILES string of the molecule is [2H][C@@]1(n2ccc(NO)nc2=O)O[C@H](COC(=O)CCCC)[C@@H](O)[C@H]1O. The van der Waals surface area contributed by atoms with Gasteiger partial charge in [0.05, 0.1) is 1.37 Å². The molecule has 0 spiro atoms. The van der Waals surface area contributed by atoms with E-state index in [1.807, 2.05) is 6.92 Å². The lowest BCUT2D eigenvalue weighted by Crippen LogP contribution is -2.36. The molecule has 1 saturated heterocycles. The third-order valence-corrected chi connectivity index (χ3v) is 3.53. The summed E-state index contributed by atoms with van der Waals surface area (Å²) in [6, 6.07) is 1.18. The topological polar surface area (TPSA) is 143 Å². The number of rotatable bonds is 7. The van der Waals surface area contributed by atoms with E-state index in [1.165, 1.54) is 6.07 Å². The molecule has 134 valence electrons. The minimum atomic E-state index is -2.35. The Morgan fingerprint density at radius 1 is 1.54 bits per heavy atom. The van der Waals surface area contributed by atoms with E-state index in [0.29, 0.717) is 11.0 Å². The Morgan fingerprint density at radius 3 is 2.92 bits per heavy atom. The van der Waals surface area contributed by atoms with E-state index in [2.05, 4.69) is 4.98 Å². The fourth-order valence-electron chi connectivity index (χ4n) is 2.18. The van der Waals surface area contributed by atoms with Crippen molar-refractivity contribution in [1.29, 1.82) is 0 Å². The summed E-state index contributed by atoms with van der Waals surface area (Å²) in [5.74, 6) is -0.633. The van der Waals surface area contributed by atoms with Gasteiger partial charge in [-0.15, -0.1) is 0 Å². The Kier molecular flexibility index (Phi) is 5.75. The van der Waals surface area contributed by atoms with Crippen molar-refractivity contribution in [3.8, 4) is 0 Å². The van der Waals surface area contributed by atoms with E-state index in [9.17, 15) is 19.8 Å². The summed E-state index contributed by atoms with van der Waals surface area (Å²) >= 11 is 0. The number of anilines is 1. The number of hydrogen-bond acceptors (Lipinski definition) is 9. The molecular weight excluding hydrogens is 322 g/mol. The second-order valence-electron chi connectivity index (χ2n) is 5.29. The molecule has 1 aliphatic rings. The summed E-state index contributed by atoms with van der Waals surface area (Å²) in [6.45, 7) is 1.56. The molecule has 1 aliphatic heterocycles. The van der Waals surface area contributed by atoms with Crippen molar-refractivity contribution in [3.05, 3.63) is 22.7 Å². The van der Waals surface area contributed by atoms with Crippen LogP contribution >= 0.6 is 0 Å². The average Bonchev–Trinajstić information content (AvgIpc) is 2.82. The van der Waals surface area contributed by atoms with Crippen molar-refractivity contribution in [3.63, 3.8) is 0 Å². The Balaban J connectivity index is 2.12. The van der Waals surface area contributed by atoms with Crippen LogP contribution in [0.4, 0.5) is 5.82 Å². The maximum atomic E-state index is 12.0. The first-order valence-corrected chi connectivity index (χ1v) is 7.53. The van der Waals surface area contributed by atoms with Crippen LogP contribution in [0.3, 0.4) is 0 Å². The van der Waals surface area contributed by atoms with E-state index in [0.717, 1.165) is 12.6 Å². The molecule has 4 N–H and O–H groups in total. The van der Waals surface area contributed by atoms with E-state index in [4.69, 9.17) is 16.1 Å². The van der Waals surface area contributed by atoms with Crippen LogP contribution in [0, 0.1) is 0 Å². The summed E-state index contributed by atoms with van der Waals surface area (Å²) in [5.41, 5.74) is 0.695. The molecule has 0 aromatic carbocycles. The molecule has 0 amide bonds. The summed E-state index contributed by atoms with van der Waals surface area (Å²) in [7, 11) is 0. The van der Waals surface area contributed by atoms with Gasteiger partial charge >= 0.3 is 11.7 Å². The molecule has 1 aromatic heterocycles. The number of aliphatic hydroxyl groups is 2. The zero-order chi connectivity index (χ0) is 18.6. The van der Waals surface area contributed by atoms with Gasteiger partial charge in [0.25, 0.3) is 0 Å². The zero-order valence-corrected chi connectivity index (χ0v) is 13.1. The maximum Gasteiger partial charge on any atom is 0.351 e. The molecule has 0 saturated carbocycles. The molecule has 10 heteroatoms. The number of carbonyl (C=O) groups excluding carboxylic acids is 1. The van der Waals surface area contributed by atoms with E-state index >= 15 is 0 Å². The lowest BCUT2D eigenvalue weighted by atomic mass is 10.1. The van der Waals surface area contributed by atoms with Gasteiger partial charge in [-0.1, -0.05) is 13.3 Å². The molecule has 24 heavy (non-hydrogen) atoms. The summed E-state index contributed by atoms with van der Waals surface area (Å²) in [5, 5.41) is 28.9. The Labute approximate surface area is 139 Å². The smallest absolute Gasteiger partial charge is 0.351 e. The van der Waals surface area contributed by atoms with Crippen molar-refractivity contribution in [2.75, 3.05) is 12.1 Å². The van der Waals surface area contributed by atoms with Crippen molar-refractivity contribution < 1.29 is 31.1 Å². The van der Waals surface area contributed by atoms with Gasteiger partial charge in [-0.2, -0.15) is 4.98 Å². The van der Waals surface area contributed by atoms with Gasteiger partial charge < -0.3 is 19.7 Å². The third-order valence-electron chi connectivity index (χ3n) is 3.53. The first-order valence-electron chi connectivity index (χ1n) is 8.03.